The van der Waals surface area contributed by atoms with Gasteiger partial charge in [0.05, 0.1) is 4.92 Å². The summed E-state index contributed by atoms with van der Waals surface area (Å²) in [6.07, 6.45) is 0. The molecule has 0 bridgehead atoms. The first kappa shape index (κ1) is 11.1. The van der Waals surface area contributed by atoms with Crippen LogP contribution >= 0.6 is 0 Å². The van der Waals surface area contributed by atoms with E-state index in [1.165, 1.54) is 0 Å². The summed E-state index contributed by atoms with van der Waals surface area (Å²) in [4.78, 5) is 18.9. The quantitative estimate of drug-likeness (QED) is 0.241. The van der Waals surface area contributed by atoms with Crippen LogP contribution in [0.2, 0.25) is 0 Å². The van der Waals surface area contributed by atoms with Gasteiger partial charge in [-0.1, -0.05) is 10.2 Å². The Morgan fingerprint density at radius 2 is 1.75 bits per heavy atom. The summed E-state index contributed by atoms with van der Waals surface area (Å²) < 4.78 is 0. The van der Waals surface area contributed by atoms with Gasteiger partial charge >= 0.3 is 35.3 Å². The second kappa shape index (κ2) is 3.65. The Labute approximate surface area is 87.0 Å². The fourth-order valence-electron chi connectivity index (χ4n) is 0.414. The summed E-state index contributed by atoms with van der Waals surface area (Å²) in [6, 6.07) is 0. The Kier molecular flexibility index (Phi) is 3.36. The van der Waals surface area contributed by atoms with Crippen molar-refractivity contribution in [3.05, 3.63) is 10.1 Å². The maximum absolute atomic E-state index is 10.1. The van der Waals surface area contributed by atoms with Crippen LogP contribution < -0.4 is 34.7 Å². The van der Waals surface area contributed by atoms with Crippen LogP contribution in [0.15, 0.2) is 20.7 Å². The molecule has 1 heterocycles. The minimum atomic E-state index is -2.86. The molecular formula is C2N5NaO4. The largest absolute Gasteiger partial charge is 1.00 e. The molecule has 0 saturated heterocycles. The van der Waals surface area contributed by atoms with E-state index >= 15 is 0 Å². The fraction of sp³-hybridized carbons (Fsp3) is 0.500. The molecule has 1 rings (SSSR count). The number of hydrogen-bond donors (Lipinski definition) is 0. The number of carboxylic acids is 1. The molecule has 0 radical (unpaired) electrons. The van der Waals surface area contributed by atoms with Gasteiger partial charge in [-0.3, -0.25) is 10.1 Å². The number of aliphatic carboxylic acids is 1. The van der Waals surface area contributed by atoms with Crippen molar-refractivity contribution in [1.82, 2.24) is 0 Å². The summed E-state index contributed by atoms with van der Waals surface area (Å²) in [5, 5.41) is 30.9. The van der Waals surface area contributed by atoms with Crippen molar-refractivity contribution in [2.45, 2.75) is 5.79 Å². The van der Waals surface area contributed by atoms with Gasteiger partial charge in [-0.2, -0.15) is 0 Å². The van der Waals surface area contributed by atoms with Gasteiger partial charge in [0.15, 0.2) is 5.97 Å². The van der Waals surface area contributed by atoms with Crippen molar-refractivity contribution < 1.29 is 44.4 Å². The maximum Gasteiger partial charge on any atom is 1.00 e. The van der Waals surface area contributed by atoms with Crippen LogP contribution in [0, 0.1) is 10.1 Å². The Morgan fingerprint density at radius 3 is 1.92 bits per heavy atom. The van der Waals surface area contributed by atoms with Gasteiger partial charge in [0.25, 0.3) is 0 Å². The van der Waals surface area contributed by atoms with Crippen molar-refractivity contribution in [2.24, 2.45) is 20.7 Å². The third kappa shape index (κ3) is 1.47. The number of rotatable bonds is 2. The van der Waals surface area contributed by atoms with E-state index in [-0.39, 0.29) is 29.6 Å². The summed E-state index contributed by atoms with van der Waals surface area (Å²) in [5.41, 5.74) is 0. The predicted octanol–water partition coefficient (Wildman–Crippen LogP) is -4.50. The molecule has 10 heteroatoms. The molecule has 0 aliphatic carbocycles. The first-order valence-electron chi connectivity index (χ1n) is 2.29. The molecule has 0 aromatic rings. The van der Waals surface area contributed by atoms with E-state index in [4.69, 9.17) is 0 Å². The SMILES string of the molecule is O=C([O-])C1([N+](=O)[O-])N=NN=N1.[Na+]. The van der Waals surface area contributed by atoms with E-state index in [1.807, 2.05) is 0 Å². The molecule has 1 aliphatic heterocycles. The molecule has 0 fully saturated rings. The molecule has 0 N–H and O–H groups in total. The van der Waals surface area contributed by atoms with Crippen LogP contribution in [0.3, 0.4) is 0 Å². The molecule has 0 aromatic carbocycles. The minimum Gasteiger partial charge on any atom is -0.540 e. The van der Waals surface area contributed by atoms with Crippen LogP contribution in [-0.4, -0.2) is 16.7 Å². The van der Waals surface area contributed by atoms with Gasteiger partial charge in [-0.15, -0.1) is 0 Å². The van der Waals surface area contributed by atoms with Crippen molar-refractivity contribution in [3.8, 4) is 0 Å². The number of nitrogens with zero attached hydrogens (tertiary/aromatic N) is 5. The molecule has 0 aromatic heterocycles. The van der Waals surface area contributed by atoms with E-state index in [1.54, 1.807) is 0 Å². The van der Waals surface area contributed by atoms with Crippen molar-refractivity contribution >= 4 is 5.97 Å². The van der Waals surface area contributed by atoms with Crippen LogP contribution in [0.25, 0.3) is 0 Å². The minimum absolute atomic E-state index is 0. The number of hydrogen-bond acceptors (Lipinski definition) is 8. The molecule has 58 valence electrons. The zero-order valence-corrected chi connectivity index (χ0v) is 7.87. The van der Waals surface area contributed by atoms with Crippen LogP contribution in [-0.2, 0) is 4.79 Å². The third-order valence-electron chi connectivity index (χ3n) is 0.937. The zero-order valence-electron chi connectivity index (χ0n) is 5.87. The van der Waals surface area contributed by atoms with Gasteiger partial charge in [0.2, 0.25) is 0 Å². The monoisotopic (exact) mass is 181 g/mol. The van der Waals surface area contributed by atoms with Crippen molar-refractivity contribution in [2.75, 3.05) is 0 Å². The summed E-state index contributed by atoms with van der Waals surface area (Å²) in [7, 11) is 0. The van der Waals surface area contributed by atoms with E-state index < -0.39 is 16.7 Å². The molecule has 0 spiro atoms. The average Bonchev–Trinajstić information content (AvgIpc) is 2.34. The summed E-state index contributed by atoms with van der Waals surface area (Å²) in [5.74, 6) is -4.92. The van der Waals surface area contributed by atoms with E-state index in [0.29, 0.717) is 0 Å². The second-order valence-corrected chi connectivity index (χ2v) is 1.56. The Morgan fingerprint density at radius 1 is 1.33 bits per heavy atom. The topological polar surface area (TPSA) is 133 Å². The van der Waals surface area contributed by atoms with Gasteiger partial charge in [0.1, 0.15) is 0 Å². The smallest absolute Gasteiger partial charge is 0.540 e. The number of carboxylic acid groups (broad SMARTS) is 1. The number of nitro groups is 1. The molecule has 0 unspecified atom stereocenters. The van der Waals surface area contributed by atoms with Crippen molar-refractivity contribution in [1.29, 1.82) is 0 Å². The molecule has 0 amide bonds. The van der Waals surface area contributed by atoms with Gasteiger partial charge in [0, 0.05) is 0 Å². The first-order chi connectivity index (χ1) is 5.09. The number of carbonyl (C=O) groups is 1. The normalized spacial score (nSPS) is 17.0. The molecule has 0 saturated carbocycles. The molecule has 12 heavy (non-hydrogen) atoms. The van der Waals surface area contributed by atoms with Gasteiger partial charge < -0.3 is 9.90 Å². The third-order valence-corrected chi connectivity index (χ3v) is 0.937. The average molecular weight is 181 g/mol. The number of carbonyl (C=O) groups excluding carboxylic acids is 1. The van der Waals surface area contributed by atoms with Crippen LogP contribution in [0.1, 0.15) is 0 Å². The predicted molar refractivity (Wildman–Crippen MR) is 24.4 cm³/mol. The zero-order chi connectivity index (χ0) is 8.48. The first-order valence-corrected chi connectivity index (χ1v) is 2.29. The standard InChI is InChI=1S/C2HN5O4.Na/c8-1(9)2(7(10)11)3-5-6-4-2;/h(H,8,9);/q;+1/p-1. The van der Waals surface area contributed by atoms with Crippen LogP contribution in [0.5, 0.6) is 0 Å². The molecule has 1 aliphatic rings. The fourth-order valence-corrected chi connectivity index (χ4v) is 0.414. The Hall–Kier alpha value is -0.930. The Balaban J connectivity index is 0.00000121. The van der Waals surface area contributed by atoms with E-state index in [0.717, 1.165) is 0 Å². The summed E-state index contributed by atoms with van der Waals surface area (Å²) in [6.45, 7) is 0. The van der Waals surface area contributed by atoms with Gasteiger partial charge in [-0.05, 0) is 10.4 Å². The van der Waals surface area contributed by atoms with Crippen molar-refractivity contribution in [3.63, 3.8) is 0 Å². The Bertz CT molecular complexity index is 245. The van der Waals surface area contributed by atoms with Crippen LogP contribution in [0.4, 0.5) is 0 Å². The van der Waals surface area contributed by atoms with E-state index in [2.05, 4.69) is 20.7 Å². The second-order valence-electron chi connectivity index (χ2n) is 1.56. The van der Waals surface area contributed by atoms with E-state index in [9.17, 15) is 20.0 Å². The maximum atomic E-state index is 10.1. The molecule has 9 nitrogen and oxygen atoms in total. The van der Waals surface area contributed by atoms with Gasteiger partial charge in [-0.25, -0.2) is 0 Å². The molecule has 0 atom stereocenters. The molecular weight excluding hydrogens is 181 g/mol. The summed E-state index contributed by atoms with van der Waals surface area (Å²) >= 11 is 0.